The number of rotatable bonds is 6. The number of halogens is 1. The third kappa shape index (κ3) is 4.68. The van der Waals surface area contributed by atoms with E-state index in [1.165, 1.54) is 18.7 Å². The summed E-state index contributed by atoms with van der Waals surface area (Å²) in [5.41, 5.74) is 1.23. The summed E-state index contributed by atoms with van der Waals surface area (Å²) in [4.78, 5) is 5.01. The van der Waals surface area contributed by atoms with Crippen LogP contribution in [0.25, 0.3) is 0 Å². The molecular formula is C17H28ClN3. The second-order valence-corrected chi connectivity index (χ2v) is 6.46. The lowest BCUT2D eigenvalue weighted by Crippen LogP contribution is -2.50. The van der Waals surface area contributed by atoms with E-state index in [9.17, 15) is 0 Å². The second-order valence-electron chi connectivity index (χ2n) is 6.05. The first-order chi connectivity index (χ1) is 10.1. The molecular weight excluding hydrogens is 282 g/mol. The lowest BCUT2D eigenvalue weighted by molar-refractivity contribution is 0.102. The van der Waals surface area contributed by atoms with Crippen LogP contribution in [0.15, 0.2) is 24.3 Å². The van der Waals surface area contributed by atoms with Gasteiger partial charge >= 0.3 is 0 Å². The predicted molar refractivity (Wildman–Crippen MR) is 91.0 cm³/mol. The lowest BCUT2D eigenvalue weighted by atomic mass is 10.0. The highest BCUT2D eigenvalue weighted by atomic mass is 35.5. The molecule has 0 amide bonds. The molecule has 1 aromatic rings. The zero-order valence-electron chi connectivity index (χ0n) is 13.5. The molecule has 1 saturated heterocycles. The minimum absolute atomic E-state index is 0.346. The first kappa shape index (κ1) is 16.8. The maximum absolute atomic E-state index is 6.36. The number of nitrogens with zero attached hydrogens (tertiary/aromatic N) is 2. The first-order valence-electron chi connectivity index (χ1n) is 8.02. The maximum atomic E-state index is 6.36. The van der Waals surface area contributed by atoms with Gasteiger partial charge in [0.1, 0.15) is 0 Å². The van der Waals surface area contributed by atoms with Crippen LogP contribution in [0.1, 0.15) is 31.9 Å². The van der Waals surface area contributed by atoms with E-state index in [0.717, 1.165) is 31.1 Å². The van der Waals surface area contributed by atoms with Crippen LogP contribution in [0.3, 0.4) is 0 Å². The van der Waals surface area contributed by atoms with E-state index < -0.39 is 0 Å². The highest BCUT2D eigenvalue weighted by molar-refractivity contribution is 6.31. The molecule has 1 heterocycles. The Morgan fingerprint density at radius 3 is 2.76 bits per heavy atom. The Morgan fingerprint density at radius 2 is 2.10 bits per heavy atom. The van der Waals surface area contributed by atoms with Crippen molar-refractivity contribution in [3.05, 3.63) is 34.9 Å². The third-order valence-corrected chi connectivity index (χ3v) is 4.85. The topological polar surface area (TPSA) is 18.5 Å². The van der Waals surface area contributed by atoms with Crippen molar-refractivity contribution in [1.29, 1.82) is 0 Å². The van der Waals surface area contributed by atoms with Crippen molar-refractivity contribution in [1.82, 2.24) is 15.1 Å². The summed E-state index contributed by atoms with van der Waals surface area (Å²) in [6.07, 6.45) is 1.11. The van der Waals surface area contributed by atoms with E-state index in [2.05, 4.69) is 48.1 Å². The van der Waals surface area contributed by atoms with Gasteiger partial charge in [0.05, 0.1) is 0 Å². The monoisotopic (exact) mass is 309 g/mol. The molecule has 2 atom stereocenters. The predicted octanol–water partition coefficient (Wildman–Crippen LogP) is 3.02. The van der Waals surface area contributed by atoms with Crippen LogP contribution in [0.5, 0.6) is 0 Å². The molecule has 2 unspecified atom stereocenters. The molecule has 0 aliphatic carbocycles. The van der Waals surface area contributed by atoms with Crippen molar-refractivity contribution in [2.24, 2.45) is 0 Å². The molecule has 4 heteroatoms. The summed E-state index contributed by atoms with van der Waals surface area (Å²) < 4.78 is 0. The number of benzene rings is 1. The summed E-state index contributed by atoms with van der Waals surface area (Å²) >= 11 is 6.36. The molecule has 1 fully saturated rings. The summed E-state index contributed by atoms with van der Waals surface area (Å²) in [6.45, 7) is 10.1. The zero-order valence-corrected chi connectivity index (χ0v) is 14.2. The van der Waals surface area contributed by atoms with Gasteiger partial charge in [0.25, 0.3) is 0 Å². The van der Waals surface area contributed by atoms with E-state index in [1.54, 1.807) is 0 Å². The fourth-order valence-electron chi connectivity index (χ4n) is 3.01. The summed E-state index contributed by atoms with van der Waals surface area (Å²) in [5.74, 6) is 0. The normalized spacial score (nSPS) is 22.4. The number of hydrogen-bond acceptors (Lipinski definition) is 3. The molecule has 1 aliphatic rings. The van der Waals surface area contributed by atoms with E-state index >= 15 is 0 Å². The molecule has 1 aliphatic heterocycles. The van der Waals surface area contributed by atoms with Crippen molar-refractivity contribution < 1.29 is 0 Å². The van der Waals surface area contributed by atoms with Gasteiger partial charge in [-0.1, -0.05) is 36.7 Å². The standard InChI is InChI=1S/C17H28ClN3/c1-4-19-17(15-7-5-6-8-16(15)18)9-10-21-12-11-20(3)14(2)13-21/h5-8,14,17,19H,4,9-13H2,1-3H3. The molecule has 118 valence electrons. The van der Waals surface area contributed by atoms with Gasteiger partial charge in [0.15, 0.2) is 0 Å². The Labute approximate surface area is 134 Å². The number of nitrogens with one attached hydrogen (secondary N) is 1. The fourth-order valence-corrected chi connectivity index (χ4v) is 3.28. The van der Waals surface area contributed by atoms with Gasteiger partial charge in [0, 0.05) is 43.3 Å². The van der Waals surface area contributed by atoms with Gasteiger partial charge in [-0.15, -0.1) is 0 Å². The molecule has 0 aromatic heterocycles. The van der Waals surface area contributed by atoms with Crippen LogP contribution in [-0.4, -0.2) is 55.6 Å². The van der Waals surface area contributed by atoms with Gasteiger partial charge < -0.3 is 15.1 Å². The largest absolute Gasteiger partial charge is 0.310 e. The molecule has 3 nitrogen and oxygen atoms in total. The van der Waals surface area contributed by atoms with E-state index in [-0.39, 0.29) is 0 Å². The average Bonchev–Trinajstić information content (AvgIpc) is 2.48. The van der Waals surface area contributed by atoms with E-state index in [4.69, 9.17) is 11.6 Å². The van der Waals surface area contributed by atoms with Gasteiger partial charge in [-0.2, -0.15) is 0 Å². The molecule has 1 aromatic carbocycles. The maximum Gasteiger partial charge on any atom is 0.0453 e. The molecule has 0 bridgehead atoms. The SMILES string of the molecule is CCNC(CCN1CCN(C)C(C)C1)c1ccccc1Cl. The number of piperazine rings is 1. The minimum Gasteiger partial charge on any atom is -0.310 e. The second kappa shape index (κ2) is 8.14. The Morgan fingerprint density at radius 1 is 1.33 bits per heavy atom. The Hall–Kier alpha value is -0.610. The fraction of sp³-hybridized carbons (Fsp3) is 0.647. The highest BCUT2D eigenvalue weighted by Crippen LogP contribution is 2.25. The van der Waals surface area contributed by atoms with Crippen molar-refractivity contribution in [3.63, 3.8) is 0 Å². The highest BCUT2D eigenvalue weighted by Gasteiger charge is 2.22. The van der Waals surface area contributed by atoms with Crippen LogP contribution >= 0.6 is 11.6 Å². The lowest BCUT2D eigenvalue weighted by Gasteiger charge is -2.38. The quantitative estimate of drug-likeness (QED) is 0.871. The van der Waals surface area contributed by atoms with Gasteiger partial charge in [-0.05, 0) is 38.6 Å². The summed E-state index contributed by atoms with van der Waals surface area (Å²) in [6, 6.07) is 9.19. The number of likely N-dealkylation sites (N-methyl/N-ethyl adjacent to an activating group) is 1. The average molecular weight is 310 g/mol. The molecule has 0 saturated carbocycles. The van der Waals surface area contributed by atoms with Crippen LogP contribution in [-0.2, 0) is 0 Å². The van der Waals surface area contributed by atoms with Crippen LogP contribution in [0.4, 0.5) is 0 Å². The van der Waals surface area contributed by atoms with Crippen molar-refractivity contribution in [2.75, 3.05) is 39.8 Å². The van der Waals surface area contributed by atoms with E-state index in [0.29, 0.717) is 12.1 Å². The Balaban J connectivity index is 1.93. The van der Waals surface area contributed by atoms with E-state index in [1.807, 2.05) is 12.1 Å². The molecule has 0 spiro atoms. The molecule has 2 rings (SSSR count). The summed E-state index contributed by atoms with van der Waals surface area (Å²) in [5, 5.41) is 4.45. The smallest absolute Gasteiger partial charge is 0.0453 e. The Kier molecular flexibility index (Phi) is 6.49. The minimum atomic E-state index is 0.346. The summed E-state index contributed by atoms with van der Waals surface area (Å²) in [7, 11) is 2.22. The van der Waals surface area contributed by atoms with Crippen LogP contribution in [0.2, 0.25) is 5.02 Å². The van der Waals surface area contributed by atoms with Gasteiger partial charge in [-0.25, -0.2) is 0 Å². The molecule has 1 N–H and O–H groups in total. The van der Waals surface area contributed by atoms with Gasteiger partial charge in [0.2, 0.25) is 0 Å². The van der Waals surface area contributed by atoms with Crippen molar-refractivity contribution in [3.8, 4) is 0 Å². The van der Waals surface area contributed by atoms with Crippen LogP contribution in [0, 0.1) is 0 Å². The first-order valence-corrected chi connectivity index (χ1v) is 8.40. The third-order valence-electron chi connectivity index (χ3n) is 4.51. The molecule has 21 heavy (non-hydrogen) atoms. The zero-order chi connectivity index (χ0) is 15.2. The Bertz CT molecular complexity index is 438. The van der Waals surface area contributed by atoms with Gasteiger partial charge in [-0.3, -0.25) is 0 Å². The van der Waals surface area contributed by atoms with Crippen molar-refractivity contribution in [2.45, 2.75) is 32.4 Å². The number of hydrogen-bond donors (Lipinski definition) is 1. The molecule has 0 radical (unpaired) electrons. The van der Waals surface area contributed by atoms with Crippen LogP contribution < -0.4 is 5.32 Å². The van der Waals surface area contributed by atoms with Crippen molar-refractivity contribution >= 4 is 11.6 Å².